The largest absolute Gasteiger partial charge is 0.488 e. The third-order valence-corrected chi connectivity index (χ3v) is 3.77. The van der Waals surface area contributed by atoms with Gasteiger partial charge in [-0.05, 0) is 31.5 Å². The van der Waals surface area contributed by atoms with Crippen molar-refractivity contribution in [2.24, 2.45) is 0 Å². The van der Waals surface area contributed by atoms with Crippen LogP contribution in [0.15, 0.2) is 54.6 Å². The molecule has 0 aromatic heterocycles. The van der Waals surface area contributed by atoms with E-state index in [0.717, 1.165) is 5.56 Å². The first kappa shape index (κ1) is 19.5. The summed E-state index contributed by atoms with van der Waals surface area (Å²) in [5, 5.41) is 15.0. The zero-order chi connectivity index (χ0) is 18.9. The Labute approximate surface area is 153 Å². The third-order valence-electron chi connectivity index (χ3n) is 3.77. The number of likely N-dealkylation sites (N-methyl/N-ethyl adjacent to an activating group) is 1. The van der Waals surface area contributed by atoms with Crippen molar-refractivity contribution in [3.63, 3.8) is 0 Å². The van der Waals surface area contributed by atoms with Gasteiger partial charge in [0.25, 0.3) is 5.91 Å². The highest BCUT2D eigenvalue weighted by Gasteiger charge is 2.26. The number of hydrogen-bond donors (Lipinski definition) is 3. The lowest BCUT2D eigenvalue weighted by Crippen LogP contribution is -2.52. The molecule has 3 N–H and O–H groups in total. The van der Waals surface area contributed by atoms with Gasteiger partial charge in [-0.25, -0.2) is 0 Å². The molecule has 2 atom stereocenters. The van der Waals surface area contributed by atoms with E-state index in [1.807, 2.05) is 30.3 Å². The van der Waals surface area contributed by atoms with E-state index in [4.69, 9.17) is 4.74 Å². The van der Waals surface area contributed by atoms with Crippen LogP contribution in [0.2, 0.25) is 0 Å². The number of ether oxygens (including phenoxy) is 1. The molecule has 6 heteroatoms. The van der Waals surface area contributed by atoms with Crippen LogP contribution < -0.4 is 15.4 Å². The monoisotopic (exact) mass is 356 g/mol. The molecule has 0 bridgehead atoms. The molecule has 0 aliphatic carbocycles. The van der Waals surface area contributed by atoms with Crippen LogP contribution in [0.5, 0.6) is 5.75 Å². The van der Waals surface area contributed by atoms with E-state index in [2.05, 4.69) is 10.6 Å². The van der Waals surface area contributed by atoms with Gasteiger partial charge in [-0.15, -0.1) is 0 Å². The second-order valence-corrected chi connectivity index (χ2v) is 5.86. The molecule has 2 aromatic rings. The molecule has 0 spiro atoms. The predicted octanol–water partition coefficient (Wildman–Crippen LogP) is 1.88. The number of aliphatic hydroxyl groups excluding tert-OH is 1. The Morgan fingerprint density at radius 1 is 1.08 bits per heavy atom. The van der Waals surface area contributed by atoms with Gasteiger partial charge in [0.15, 0.2) is 0 Å². The Morgan fingerprint density at radius 3 is 2.38 bits per heavy atom. The van der Waals surface area contributed by atoms with Gasteiger partial charge in [0.2, 0.25) is 5.91 Å². The van der Waals surface area contributed by atoms with E-state index in [1.54, 1.807) is 31.2 Å². The molecule has 0 heterocycles. The number of hydrogen-bond acceptors (Lipinski definition) is 4. The number of benzene rings is 2. The molecular formula is C20H24N2O4. The van der Waals surface area contributed by atoms with Gasteiger partial charge in [0, 0.05) is 6.54 Å². The number of amides is 2. The zero-order valence-corrected chi connectivity index (χ0v) is 14.9. The van der Waals surface area contributed by atoms with Crippen LogP contribution in [0.25, 0.3) is 0 Å². The predicted molar refractivity (Wildman–Crippen MR) is 98.8 cm³/mol. The Morgan fingerprint density at radius 2 is 1.73 bits per heavy atom. The van der Waals surface area contributed by atoms with Gasteiger partial charge in [-0.1, -0.05) is 42.5 Å². The average molecular weight is 356 g/mol. The van der Waals surface area contributed by atoms with Crippen molar-refractivity contribution in [1.82, 2.24) is 10.6 Å². The standard InChI is InChI=1S/C20H24N2O4/c1-3-21-20(25)18(14(2)23)22-19(24)16-11-7-8-12-17(16)26-13-15-9-5-4-6-10-15/h4-12,14,18,23H,3,13H2,1-2H3,(H,21,25)(H,22,24)/t14-,18+/m0/s1. The number of para-hydroxylation sites is 1. The molecule has 0 aliphatic rings. The molecular weight excluding hydrogens is 332 g/mol. The maximum Gasteiger partial charge on any atom is 0.255 e. The van der Waals surface area contributed by atoms with Crippen molar-refractivity contribution in [1.29, 1.82) is 0 Å². The van der Waals surface area contributed by atoms with Crippen LogP contribution in [0.1, 0.15) is 29.8 Å². The minimum Gasteiger partial charge on any atom is -0.488 e. The summed E-state index contributed by atoms with van der Waals surface area (Å²) >= 11 is 0. The van der Waals surface area contributed by atoms with Gasteiger partial charge in [-0.3, -0.25) is 9.59 Å². The zero-order valence-electron chi connectivity index (χ0n) is 14.9. The normalized spacial score (nSPS) is 12.7. The van der Waals surface area contributed by atoms with Crippen molar-refractivity contribution in [2.75, 3.05) is 6.54 Å². The molecule has 0 radical (unpaired) electrons. The maximum absolute atomic E-state index is 12.6. The first-order valence-corrected chi connectivity index (χ1v) is 8.55. The lowest BCUT2D eigenvalue weighted by molar-refractivity contribution is -0.125. The lowest BCUT2D eigenvalue weighted by Gasteiger charge is -2.21. The Kier molecular flexibility index (Phi) is 7.17. The highest BCUT2D eigenvalue weighted by atomic mass is 16.5. The molecule has 0 saturated heterocycles. The summed E-state index contributed by atoms with van der Waals surface area (Å²) in [5.41, 5.74) is 1.28. The molecule has 0 saturated carbocycles. The molecule has 2 rings (SSSR count). The maximum atomic E-state index is 12.6. The summed E-state index contributed by atoms with van der Waals surface area (Å²) < 4.78 is 5.77. The minimum atomic E-state index is -1.04. The fourth-order valence-electron chi connectivity index (χ4n) is 2.42. The first-order valence-electron chi connectivity index (χ1n) is 8.55. The smallest absolute Gasteiger partial charge is 0.255 e. The number of rotatable bonds is 8. The van der Waals surface area contributed by atoms with Crippen molar-refractivity contribution < 1.29 is 19.4 Å². The molecule has 0 aliphatic heterocycles. The molecule has 2 amide bonds. The summed E-state index contributed by atoms with van der Waals surface area (Å²) in [5.74, 6) is -0.501. The molecule has 138 valence electrons. The van der Waals surface area contributed by atoms with Gasteiger partial charge in [0.1, 0.15) is 18.4 Å². The summed E-state index contributed by atoms with van der Waals surface area (Å²) in [4.78, 5) is 24.6. The number of carbonyl (C=O) groups excluding carboxylic acids is 2. The van der Waals surface area contributed by atoms with Crippen LogP contribution in [0, 0.1) is 0 Å². The molecule has 2 aromatic carbocycles. The fourth-order valence-corrected chi connectivity index (χ4v) is 2.42. The van der Waals surface area contributed by atoms with E-state index in [1.165, 1.54) is 6.92 Å². The van der Waals surface area contributed by atoms with Gasteiger partial charge < -0.3 is 20.5 Å². The van der Waals surface area contributed by atoms with Gasteiger partial charge >= 0.3 is 0 Å². The topological polar surface area (TPSA) is 87.7 Å². The first-order chi connectivity index (χ1) is 12.5. The Balaban J connectivity index is 2.11. The van der Waals surface area contributed by atoms with Gasteiger partial charge in [0.05, 0.1) is 11.7 Å². The highest BCUT2D eigenvalue weighted by Crippen LogP contribution is 2.19. The summed E-state index contributed by atoms with van der Waals surface area (Å²) in [6, 6.07) is 15.4. The molecule has 6 nitrogen and oxygen atoms in total. The second-order valence-electron chi connectivity index (χ2n) is 5.86. The molecule has 0 unspecified atom stereocenters. The summed E-state index contributed by atoms with van der Waals surface area (Å²) in [6.45, 7) is 3.96. The molecule has 26 heavy (non-hydrogen) atoms. The van der Waals surface area contributed by atoms with Crippen LogP contribution in [0.4, 0.5) is 0 Å². The van der Waals surface area contributed by atoms with Crippen LogP contribution in [-0.4, -0.2) is 35.6 Å². The average Bonchev–Trinajstić information content (AvgIpc) is 2.65. The van der Waals surface area contributed by atoms with Crippen LogP contribution in [0.3, 0.4) is 0 Å². The quantitative estimate of drug-likeness (QED) is 0.674. The van der Waals surface area contributed by atoms with Crippen molar-refractivity contribution in [3.05, 3.63) is 65.7 Å². The van der Waals surface area contributed by atoms with Gasteiger partial charge in [-0.2, -0.15) is 0 Å². The van der Waals surface area contributed by atoms with E-state index in [-0.39, 0.29) is 0 Å². The van der Waals surface area contributed by atoms with Crippen LogP contribution >= 0.6 is 0 Å². The fraction of sp³-hybridized carbons (Fsp3) is 0.300. The van der Waals surface area contributed by atoms with E-state index in [0.29, 0.717) is 24.5 Å². The minimum absolute atomic E-state index is 0.304. The number of aliphatic hydroxyl groups is 1. The van der Waals surface area contributed by atoms with Crippen molar-refractivity contribution >= 4 is 11.8 Å². The summed E-state index contributed by atoms with van der Waals surface area (Å²) in [7, 11) is 0. The lowest BCUT2D eigenvalue weighted by atomic mass is 10.1. The SMILES string of the molecule is CCNC(=O)[C@H](NC(=O)c1ccccc1OCc1ccccc1)[C@H](C)O. The highest BCUT2D eigenvalue weighted by molar-refractivity contribution is 5.99. The van der Waals surface area contributed by atoms with Crippen molar-refractivity contribution in [3.8, 4) is 5.75 Å². The number of carbonyl (C=O) groups is 2. The van der Waals surface area contributed by atoms with Crippen LogP contribution in [-0.2, 0) is 11.4 Å². The summed E-state index contributed by atoms with van der Waals surface area (Å²) in [6.07, 6.45) is -1.03. The Hall–Kier alpha value is -2.86. The molecule has 0 fully saturated rings. The Bertz CT molecular complexity index is 732. The second kappa shape index (κ2) is 9.58. The third kappa shape index (κ3) is 5.32. The van der Waals surface area contributed by atoms with Crippen molar-refractivity contribution in [2.45, 2.75) is 32.6 Å². The van der Waals surface area contributed by atoms with E-state index < -0.39 is 24.0 Å². The van der Waals surface area contributed by atoms with E-state index >= 15 is 0 Å². The van der Waals surface area contributed by atoms with E-state index in [9.17, 15) is 14.7 Å². The number of nitrogens with one attached hydrogen (secondary N) is 2.